The van der Waals surface area contributed by atoms with Crippen LogP contribution in [0.4, 0.5) is 5.69 Å². The minimum Gasteiger partial charge on any atom is -0.371 e. The van der Waals surface area contributed by atoms with Crippen molar-refractivity contribution in [3.8, 4) is 11.3 Å². The third kappa shape index (κ3) is 2.58. The van der Waals surface area contributed by atoms with Crippen LogP contribution in [0.1, 0.15) is 12.8 Å². The third-order valence-corrected chi connectivity index (χ3v) is 3.63. The van der Waals surface area contributed by atoms with Gasteiger partial charge in [-0.05, 0) is 31.0 Å². The summed E-state index contributed by atoms with van der Waals surface area (Å²) < 4.78 is 0. The van der Waals surface area contributed by atoms with E-state index in [4.69, 9.17) is 5.73 Å². The number of hydrogen-bond acceptors (Lipinski definition) is 4. The number of nitrogens with zero attached hydrogens (tertiary/aromatic N) is 3. The van der Waals surface area contributed by atoms with Gasteiger partial charge in [0, 0.05) is 36.6 Å². The Kier molecular flexibility index (Phi) is 3.42. The Balaban J connectivity index is 1.94. The molecule has 98 valence electrons. The summed E-state index contributed by atoms with van der Waals surface area (Å²) in [4.78, 5) is 2.40. The molecule has 4 nitrogen and oxygen atoms in total. The molecule has 4 heteroatoms. The van der Waals surface area contributed by atoms with Crippen LogP contribution < -0.4 is 10.6 Å². The molecule has 1 fully saturated rings. The van der Waals surface area contributed by atoms with Gasteiger partial charge in [0.25, 0.3) is 0 Å². The van der Waals surface area contributed by atoms with E-state index in [9.17, 15) is 0 Å². The van der Waals surface area contributed by atoms with Crippen molar-refractivity contribution < 1.29 is 0 Å². The fraction of sp³-hybridized carbons (Fsp3) is 0.333. The molecule has 0 radical (unpaired) electrons. The molecule has 2 N–H and O–H groups in total. The first-order valence-corrected chi connectivity index (χ1v) is 6.72. The van der Waals surface area contributed by atoms with E-state index in [0.717, 1.165) is 37.2 Å². The van der Waals surface area contributed by atoms with E-state index in [1.54, 1.807) is 6.20 Å². The molecule has 1 aliphatic heterocycles. The van der Waals surface area contributed by atoms with E-state index < -0.39 is 0 Å². The Bertz CT molecular complexity index is 533. The molecule has 1 saturated heterocycles. The minimum atomic E-state index is 0.347. The van der Waals surface area contributed by atoms with Crippen LogP contribution >= 0.6 is 0 Å². The Hall–Kier alpha value is -1.94. The Morgan fingerprint density at radius 1 is 1.05 bits per heavy atom. The fourth-order valence-corrected chi connectivity index (χ4v) is 2.55. The number of hydrogen-bond donors (Lipinski definition) is 1. The van der Waals surface area contributed by atoms with Crippen LogP contribution in [0, 0.1) is 0 Å². The van der Waals surface area contributed by atoms with Gasteiger partial charge in [-0.25, -0.2) is 0 Å². The van der Waals surface area contributed by atoms with Crippen molar-refractivity contribution in [1.29, 1.82) is 0 Å². The molecule has 1 aromatic heterocycles. The lowest BCUT2D eigenvalue weighted by molar-refractivity contribution is 0.501. The molecular weight excluding hydrogens is 236 g/mol. The van der Waals surface area contributed by atoms with E-state index in [2.05, 4.69) is 33.3 Å². The highest BCUT2D eigenvalue weighted by Gasteiger charge is 2.19. The maximum Gasteiger partial charge on any atom is 0.0950 e. The van der Waals surface area contributed by atoms with Crippen LogP contribution in [0.2, 0.25) is 0 Å². The number of rotatable bonds is 2. The zero-order valence-corrected chi connectivity index (χ0v) is 10.9. The first kappa shape index (κ1) is 12.1. The molecule has 0 atom stereocenters. The van der Waals surface area contributed by atoms with E-state index in [1.165, 1.54) is 5.69 Å². The quantitative estimate of drug-likeness (QED) is 0.891. The summed E-state index contributed by atoms with van der Waals surface area (Å²) >= 11 is 0. The number of benzene rings is 1. The van der Waals surface area contributed by atoms with Gasteiger partial charge in [0.1, 0.15) is 0 Å². The number of aromatic nitrogens is 2. The Morgan fingerprint density at radius 3 is 2.58 bits per heavy atom. The molecule has 0 bridgehead atoms. The highest BCUT2D eigenvalue weighted by molar-refractivity contribution is 5.76. The monoisotopic (exact) mass is 254 g/mol. The number of piperidine rings is 1. The lowest BCUT2D eigenvalue weighted by Gasteiger charge is -2.33. The van der Waals surface area contributed by atoms with Crippen molar-refractivity contribution in [1.82, 2.24) is 10.2 Å². The maximum absolute atomic E-state index is 5.98. The minimum absolute atomic E-state index is 0.347. The molecule has 2 aromatic rings. The van der Waals surface area contributed by atoms with E-state index in [-0.39, 0.29) is 0 Å². The van der Waals surface area contributed by atoms with Gasteiger partial charge in [-0.15, -0.1) is 0 Å². The van der Waals surface area contributed by atoms with Crippen molar-refractivity contribution in [2.24, 2.45) is 5.73 Å². The summed E-state index contributed by atoms with van der Waals surface area (Å²) in [6.45, 7) is 2.02. The average Bonchev–Trinajstić information content (AvgIpc) is 2.49. The van der Waals surface area contributed by atoms with Gasteiger partial charge >= 0.3 is 0 Å². The molecule has 0 spiro atoms. The van der Waals surface area contributed by atoms with Crippen molar-refractivity contribution in [3.05, 3.63) is 42.6 Å². The van der Waals surface area contributed by atoms with E-state index >= 15 is 0 Å². The van der Waals surface area contributed by atoms with Crippen molar-refractivity contribution in [2.75, 3.05) is 18.0 Å². The Morgan fingerprint density at radius 2 is 1.84 bits per heavy atom. The average molecular weight is 254 g/mol. The summed E-state index contributed by atoms with van der Waals surface area (Å²) in [6.07, 6.45) is 3.80. The summed E-state index contributed by atoms with van der Waals surface area (Å²) in [5, 5.41) is 8.19. The van der Waals surface area contributed by atoms with E-state index in [1.807, 2.05) is 18.2 Å². The summed E-state index contributed by atoms with van der Waals surface area (Å²) in [5.74, 6) is 0. The molecule has 1 aliphatic rings. The molecule has 19 heavy (non-hydrogen) atoms. The van der Waals surface area contributed by atoms with Gasteiger partial charge in [-0.3, -0.25) is 0 Å². The molecule has 0 amide bonds. The van der Waals surface area contributed by atoms with Crippen LogP contribution in [0.3, 0.4) is 0 Å². The zero-order valence-electron chi connectivity index (χ0n) is 10.9. The molecule has 0 unspecified atom stereocenters. The van der Waals surface area contributed by atoms with Crippen LogP contribution in [0.25, 0.3) is 11.3 Å². The second-order valence-corrected chi connectivity index (χ2v) is 4.95. The third-order valence-electron chi connectivity index (χ3n) is 3.63. The van der Waals surface area contributed by atoms with Crippen LogP contribution in [0.15, 0.2) is 42.6 Å². The summed E-state index contributed by atoms with van der Waals surface area (Å²) in [7, 11) is 0. The second kappa shape index (κ2) is 5.36. The van der Waals surface area contributed by atoms with Crippen LogP contribution in [0.5, 0.6) is 0 Å². The van der Waals surface area contributed by atoms with Gasteiger partial charge in [-0.2, -0.15) is 10.2 Å². The number of anilines is 1. The fourth-order valence-electron chi connectivity index (χ4n) is 2.55. The van der Waals surface area contributed by atoms with Gasteiger partial charge in [0.15, 0.2) is 0 Å². The van der Waals surface area contributed by atoms with Crippen molar-refractivity contribution in [3.63, 3.8) is 0 Å². The predicted molar refractivity (Wildman–Crippen MR) is 76.9 cm³/mol. The molecular formula is C15H18N4. The lowest BCUT2D eigenvalue weighted by Crippen LogP contribution is -2.39. The van der Waals surface area contributed by atoms with Crippen molar-refractivity contribution >= 4 is 5.69 Å². The predicted octanol–water partition coefficient (Wildman–Crippen LogP) is 2.07. The number of nitrogens with two attached hydrogens (primary N) is 1. The largest absolute Gasteiger partial charge is 0.371 e. The molecule has 1 aromatic carbocycles. The smallest absolute Gasteiger partial charge is 0.0950 e. The van der Waals surface area contributed by atoms with Crippen LogP contribution in [-0.2, 0) is 0 Å². The van der Waals surface area contributed by atoms with Gasteiger partial charge < -0.3 is 10.6 Å². The number of para-hydroxylation sites is 1. The highest BCUT2D eigenvalue weighted by Crippen LogP contribution is 2.30. The molecule has 0 saturated carbocycles. The molecule has 2 heterocycles. The van der Waals surface area contributed by atoms with Crippen molar-refractivity contribution in [2.45, 2.75) is 18.9 Å². The topological polar surface area (TPSA) is 55.0 Å². The van der Waals surface area contributed by atoms with Crippen LogP contribution in [-0.4, -0.2) is 29.3 Å². The standard InChI is InChI=1S/C15H18N4/c16-12-7-10-19(11-8-12)15-6-2-1-4-13(15)14-5-3-9-17-18-14/h1-6,9,12H,7-8,10-11,16H2. The highest BCUT2D eigenvalue weighted by atomic mass is 15.1. The first-order chi connectivity index (χ1) is 9.34. The maximum atomic E-state index is 5.98. The summed E-state index contributed by atoms with van der Waals surface area (Å²) in [5.41, 5.74) is 9.28. The second-order valence-electron chi connectivity index (χ2n) is 4.95. The van der Waals surface area contributed by atoms with Gasteiger partial charge in [0.2, 0.25) is 0 Å². The molecule has 3 rings (SSSR count). The molecule has 0 aliphatic carbocycles. The Labute approximate surface area is 113 Å². The lowest BCUT2D eigenvalue weighted by atomic mass is 10.0. The normalized spacial score (nSPS) is 16.6. The van der Waals surface area contributed by atoms with Gasteiger partial charge in [-0.1, -0.05) is 18.2 Å². The zero-order chi connectivity index (χ0) is 13.1. The first-order valence-electron chi connectivity index (χ1n) is 6.72. The van der Waals surface area contributed by atoms with E-state index in [0.29, 0.717) is 6.04 Å². The van der Waals surface area contributed by atoms with Gasteiger partial charge in [0.05, 0.1) is 5.69 Å². The summed E-state index contributed by atoms with van der Waals surface area (Å²) in [6, 6.07) is 12.6. The SMILES string of the molecule is NC1CCN(c2ccccc2-c2cccnn2)CC1.